The summed E-state index contributed by atoms with van der Waals surface area (Å²) in [6.07, 6.45) is -6.31. The van der Waals surface area contributed by atoms with Crippen molar-refractivity contribution >= 4 is 5.78 Å². The average Bonchev–Trinajstić information content (AvgIpc) is 2.95. The molecule has 0 bridgehead atoms. The van der Waals surface area contributed by atoms with Crippen molar-refractivity contribution in [1.29, 1.82) is 0 Å². The number of hydrogen-bond acceptors (Lipinski definition) is 4. The maximum atomic E-state index is 13.4. The molecule has 1 aromatic rings. The highest BCUT2D eigenvalue weighted by molar-refractivity contribution is 6.12. The standard InChI is InChI=1S/C16H13F3O4/c1-7-2-3-10-9(6-7)12(20)11-13(22-10)8-4-5-21-15(8)23-14(11)16(17,18)19/h2-3,6,8,13,15H,4-5H2,1H3/t8-,13+,15+/m0/s1. The lowest BCUT2D eigenvalue weighted by Gasteiger charge is -2.39. The third-order valence-corrected chi connectivity index (χ3v) is 4.37. The molecule has 0 saturated carbocycles. The summed E-state index contributed by atoms with van der Waals surface area (Å²) in [6, 6.07) is 4.91. The van der Waals surface area contributed by atoms with Gasteiger partial charge in [0, 0.05) is 0 Å². The average molecular weight is 326 g/mol. The molecule has 0 aromatic heterocycles. The number of ketones is 1. The molecule has 4 nitrogen and oxygen atoms in total. The van der Waals surface area contributed by atoms with Gasteiger partial charge in [-0.3, -0.25) is 4.79 Å². The Morgan fingerprint density at radius 1 is 1.22 bits per heavy atom. The van der Waals surface area contributed by atoms with Crippen molar-refractivity contribution in [2.45, 2.75) is 31.9 Å². The lowest BCUT2D eigenvalue weighted by atomic mass is 9.83. The zero-order valence-electron chi connectivity index (χ0n) is 12.1. The van der Waals surface area contributed by atoms with Crippen LogP contribution in [0.1, 0.15) is 22.3 Å². The van der Waals surface area contributed by atoms with E-state index < -0.39 is 41.6 Å². The van der Waals surface area contributed by atoms with Crippen molar-refractivity contribution in [1.82, 2.24) is 0 Å². The van der Waals surface area contributed by atoms with E-state index in [9.17, 15) is 18.0 Å². The molecule has 7 heteroatoms. The van der Waals surface area contributed by atoms with E-state index >= 15 is 0 Å². The summed E-state index contributed by atoms with van der Waals surface area (Å²) < 4.78 is 56.0. The highest BCUT2D eigenvalue weighted by Gasteiger charge is 2.55. The molecule has 3 aliphatic rings. The van der Waals surface area contributed by atoms with Crippen molar-refractivity contribution in [3.05, 3.63) is 40.7 Å². The summed E-state index contributed by atoms with van der Waals surface area (Å²) in [5, 5.41) is 0. The van der Waals surface area contributed by atoms with E-state index in [0.29, 0.717) is 12.2 Å². The van der Waals surface area contributed by atoms with Gasteiger partial charge in [0.05, 0.1) is 23.7 Å². The lowest BCUT2D eigenvalue weighted by Crippen LogP contribution is -2.47. The van der Waals surface area contributed by atoms with Gasteiger partial charge in [0.25, 0.3) is 0 Å². The molecule has 1 saturated heterocycles. The summed E-state index contributed by atoms with van der Waals surface area (Å²) in [4.78, 5) is 12.7. The van der Waals surface area contributed by atoms with Crippen LogP contribution in [-0.2, 0) is 9.47 Å². The summed E-state index contributed by atoms with van der Waals surface area (Å²) >= 11 is 0. The van der Waals surface area contributed by atoms with Crippen LogP contribution in [0.15, 0.2) is 29.5 Å². The molecule has 3 heterocycles. The summed E-state index contributed by atoms with van der Waals surface area (Å²) in [7, 11) is 0. The van der Waals surface area contributed by atoms with Crippen LogP contribution in [0.25, 0.3) is 0 Å². The third kappa shape index (κ3) is 2.14. The van der Waals surface area contributed by atoms with Crippen LogP contribution in [0.3, 0.4) is 0 Å². The lowest BCUT2D eigenvalue weighted by molar-refractivity contribution is -0.199. The Labute approximate surface area is 129 Å². The molecular weight excluding hydrogens is 313 g/mol. The number of rotatable bonds is 0. The van der Waals surface area contributed by atoms with Gasteiger partial charge in [-0.05, 0) is 25.5 Å². The number of Topliss-reactive ketones (excluding diaryl/α,β-unsaturated/α-hetero) is 1. The second-order valence-electron chi connectivity index (χ2n) is 5.92. The zero-order chi connectivity index (χ0) is 16.4. The number of carbonyl (C=O) groups is 1. The highest BCUT2D eigenvalue weighted by atomic mass is 19.4. The molecule has 3 aliphatic heterocycles. The van der Waals surface area contributed by atoms with Crippen LogP contribution < -0.4 is 4.74 Å². The van der Waals surface area contributed by atoms with Crippen molar-refractivity contribution in [3.8, 4) is 5.75 Å². The number of benzene rings is 1. The van der Waals surface area contributed by atoms with Gasteiger partial charge in [-0.25, -0.2) is 0 Å². The molecule has 1 fully saturated rings. The predicted octanol–water partition coefficient (Wildman–Crippen LogP) is 3.15. The molecule has 0 spiro atoms. The second-order valence-corrected chi connectivity index (χ2v) is 5.92. The maximum Gasteiger partial charge on any atom is 0.449 e. The topological polar surface area (TPSA) is 44.8 Å². The van der Waals surface area contributed by atoms with Crippen LogP contribution in [0, 0.1) is 12.8 Å². The van der Waals surface area contributed by atoms with E-state index in [1.165, 1.54) is 6.07 Å². The number of fused-ring (bicyclic) bond motifs is 4. The molecule has 0 unspecified atom stereocenters. The molecule has 0 amide bonds. The van der Waals surface area contributed by atoms with E-state index in [1.54, 1.807) is 19.1 Å². The van der Waals surface area contributed by atoms with E-state index in [0.717, 1.165) is 5.56 Å². The minimum atomic E-state index is -4.77. The molecule has 122 valence electrons. The van der Waals surface area contributed by atoms with Gasteiger partial charge >= 0.3 is 6.18 Å². The van der Waals surface area contributed by atoms with Gasteiger partial charge in [-0.15, -0.1) is 0 Å². The first-order valence-corrected chi connectivity index (χ1v) is 7.28. The molecule has 23 heavy (non-hydrogen) atoms. The fraction of sp³-hybridized carbons (Fsp3) is 0.438. The minimum Gasteiger partial charge on any atom is -0.484 e. The fourth-order valence-corrected chi connectivity index (χ4v) is 3.32. The van der Waals surface area contributed by atoms with Crippen molar-refractivity contribution in [3.63, 3.8) is 0 Å². The second kappa shape index (κ2) is 4.74. The predicted molar refractivity (Wildman–Crippen MR) is 71.9 cm³/mol. The Morgan fingerprint density at radius 3 is 2.74 bits per heavy atom. The van der Waals surface area contributed by atoms with Gasteiger partial charge in [-0.1, -0.05) is 11.6 Å². The number of halogens is 3. The molecule has 0 radical (unpaired) electrons. The van der Waals surface area contributed by atoms with Gasteiger partial charge in [0.1, 0.15) is 11.9 Å². The van der Waals surface area contributed by atoms with Gasteiger partial charge in [0.2, 0.25) is 12.0 Å². The van der Waals surface area contributed by atoms with Crippen LogP contribution in [-0.4, -0.2) is 31.0 Å². The normalized spacial score (nSPS) is 29.4. The van der Waals surface area contributed by atoms with E-state index in [-0.39, 0.29) is 12.2 Å². The van der Waals surface area contributed by atoms with E-state index in [4.69, 9.17) is 14.2 Å². The van der Waals surface area contributed by atoms with Crippen LogP contribution >= 0.6 is 0 Å². The van der Waals surface area contributed by atoms with E-state index in [2.05, 4.69) is 0 Å². The first kappa shape index (κ1) is 14.6. The van der Waals surface area contributed by atoms with Gasteiger partial charge in [0.15, 0.2) is 5.78 Å². The fourth-order valence-electron chi connectivity index (χ4n) is 3.32. The van der Waals surface area contributed by atoms with E-state index in [1.807, 2.05) is 0 Å². The molecule has 4 rings (SSSR count). The first-order valence-electron chi connectivity index (χ1n) is 7.28. The smallest absolute Gasteiger partial charge is 0.449 e. The number of alkyl halides is 3. The monoisotopic (exact) mass is 326 g/mol. The van der Waals surface area contributed by atoms with Crippen molar-refractivity contribution in [2.24, 2.45) is 5.92 Å². The zero-order valence-corrected chi connectivity index (χ0v) is 12.1. The molecule has 3 atom stereocenters. The first-order chi connectivity index (χ1) is 10.9. The van der Waals surface area contributed by atoms with Crippen molar-refractivity contribution < 1.29 is 32.2 Å². The Hall–Kier alpha value is -2.02. The maximum absolute atomic E-state index is 13.4. The molecule has 0 N–H and O–H groups in total. The third-order valence-electron chi connectivity index (χ3n) is 4.37. The summed E-state index contributed by atoms with van der Waals surface area (Å²) in [5.41, 5.74) is 0.466. The number of aryl methyl sites for hydroxylation is 1. The largest absolute Gasteiger partial charge is 0.484 e. The Morgan fingerprint density at radius 2 is 2.00 bits per heavy atom. The van der Waals surface area contributed by atoms with Crippen LogP contribution in [0.2, 0.25) is 0 Å². The van der Waals surface area contributed by atoms with Crippen LogP contribution in [0.4, 0.5) is 13.2 Å². The number of hydrogen-bond donors (Lipinski definition) is 0. The number of allylic oxidation sites excluding steroid dienone is 1. The molecule has 1 aromatic carbocycles. The number of ether oxygens (including phenoxy) is 3. The quantitative estimate of drug-likeness (QED) is 0.735. The Balaban J connectivity index is 1.91. The highest BCUT2D eigenvalue weighted by Crippen LogP contribution is 2.47. The molecular formula is C16H13F3O4. The van der Waals surface area contributed by atoms with Gasteiger partial charge in [-0.2, -0.15) is 13.2 Å². The minimum absolute atomic E-state index is 0.138. The summed E-state index contributed by atoms with van der Waals surface area (Å²) in [6.45, 7) is 2.04. The van der Waals surface area contributed by atoms with Crippen LogP contribution in [0.5, 0.6) is 5.75 Å². The molecule has 0 aliphatic carbocycles. The summed E-state index contributed by atoms with van der Waals surface area (Å²) in [5.74, 6) is -2.08. The number of carbonyl (C=O) groups excluding carboxylic acids is 1. The van der Waals surface area contributed by atoms with Crippen molar-refractivity contribution in [2.75, 3.05) is 6.61 Å². The Bertz CT molecular complexity index is 723. The Kier molecular flexibility index (Phi) is 3.00. The SMILES string of the molecule is Cc1ccc2c(c1)C(=O)C1=C(C(F)(F)F)O[C@H]3OCC[C@H]3[C@H]1O2. The van der Waals surface area contributed by atoms with Gasteiger partial charge < -0.3 is 14.2 Å².